The fourth-order valence-corrected chi connectivity index (χ4v) is 4.54. The maximum atomic E-state index is 12.7. The number of carbonyl (C=O) groups is 2. The smallest absolute Gasteiger partial charge is 0.317 e. The number of anilines is 1. The van der Waals surface area contributed by atoms with E-state index in [-0.39, 0.29) is 17.6 Å². The first-order valence-electron chi connectivity index (χ1n) is 9.61. The summed E-state index contributed by atoms with van der Waals surface area (Å²) in [5.74, 6) is -0.320. The molecule has 1 heterocycles. The van der Waals surface area contributed by atoms with Gasteiger partial charge in [-0.05, 0) is 49.7 Å². The third kappa shape index (κ3) is 6.00. The van der Waals surface area contributed by atoms with Crippen molar-refractivity contribution in [2.75, 3.05) is 36.8 Å². The molecule has 1 fully saturated rings. The Kier molecular flexibility index (Phi) is 7.61. The normalized spacial score (nSPS) is 15.1. The average molecular weight is 477 g/mol. The lowest BCUT2D eigenvalue weighted by atomic mass is 10.2. The zero-order valence-corrected chi connectivity index (χ0v) is 19.0. The summed E-state index contributed by atoms with van der Waals surface area (Å²) in [6, 6.07) is 16.1. The minimum atomic E-state index is -0.766. The van der Waals surface area contributed by atoms with Gasteiger partial charge in [0.25, 0.3) is 5.91 Å². The molecule has 7 heteroatoms. The van der Waals surface area contributed by atoms with Gasteiger partial charge in [-0.2, -0.15) is 0 Å². The van der Waals surface area contributed by atoms with Gasteiger partial charge in [-0.15, -0.1) is 11.8 Å². The van der Waals surface area contributed by atoms with Crippen molar-refractivity contribution in [3.05, 3.63) is 58.6 Å². The average Bonchev–Trinajstić information content (AvgIpc) is 2.73. The highest BCUT2D eigenvalue weighted by Gasteiger charge is 2.27. The Morgan fingerprint density at radius 2 is 1.79 bits per heavy atom. The maximum Gasteiger partial charge on any atom is 0.317 e. The predicted octanol–water partition coefficient (Wildman–Crippen LogP) is 4.13. The highest BCUT2D eigenvalue weighted by molar-refractivity contribution is 9.10. The van der Waals surface area contributed by atoms with E-state index in [2.05, 4.69) is 33.0 Å². The van der Waals surface area contributed by atoms with Gasteiger partial charge in [-0.25, -0.2) is 0 Å². The van der Waals surface area contributed by atoms with Crippen LogP contribution in [-0.4, -0.2) is 54.8 Å². The number of nitrogens with zero attached hydrogens (tertiary/aromatic N) is 2. The molecule has 1 saturated heterocycles. The maximum absolute atomic E-state index is 12.7. The van der Waals surface area contributed by atoms with E-state index in [0.717, 1.165) is 28.0 Å². The minimum Gasteiger partial charge on any atom is -0.452 e. The highest BCUT2D eigenvalue weighted by atomic mass is 79.9. The van der Waals surface area contributed by atoms with Crippen LogP contribution in [0.4, 0.5) is 5.69 Å². The lowest BCUT2D eigenvalue weighted by Gasteiger charge is -2.37. The quantitative estimate of drug-likeness (QED) is 0.463. The van der Waals surface area contributed by atoms with Crippen molar-refractivity contribution in [3.8, 4) is 0 Å². The molecule has 29 heavy (non-hydrogen) atoms. The number of carbonyl (C=O) groups excluding carboxylic acids is 2. The van der Waals surface area contributed by atoms with Crippen LogP contribution >= 0.6 is 27.7 Å². The van der Waals surface area contributed by atoms with Crippen LogP contribution in [0.2, 0.25) is 0 Å². The van der Waals surface area contributed by atoms with Gasteiger partial charge in [0, 0.05) is 41.2 Å². The largest absolute Gasteiger partial charge is 0.452 e. The van der Waals surface area contributed by atoms with Gasteiger partial charge in [-0.3, -0.25) is 9.59 Å². The molecule has 1 aliphatic rings. The minimum absolute atomic E-state index is 0.129. The number of rotatable bonds is 6. The Morgan fingerprint density at radius 1 is 1.10 bits per heavy atom. The van der Waals surface area contributed by atoms with E-state index >= 15 is 0 Å². The first kappa shape index (κ1) is 21.7. The first-order chi connectivity index (χ1) is 13.9. The topological polar surface area (TPSA) is 49.9 Å². The summed E-state index contributed by atoms with van der Waals surface area (Å²) in [7, 11) is 0. The van der Waals surface area contributed by atoms with E-state index in [1.807, 2.05) is 43.3 Å². The summed E-state index contributed by atoms with van der Waals surface area (Å²) in [5, 5.41) is 0. The SMILES string of the molecule is Cc1cc(Br)ccc1SCC(=O)OC(C)C(=O)N1CCN(c2ccccc2)CC1. The number of hydrogen-bond acceptors (Lipinski definition) is 5. The van der Waals surface area contributed by atoms with Crippen LogP contribution in [-0.2, 0) is 14.3 Å². The van der Waals surface area contributed by atoms with Gasteiger partial charge >= 0.3 is 5.97 Å². The fraction of sp³-hybridized carbons (Fsp3) is 0.364. The summed E-state index contributed by atoms with van der Waals surface area (Å²) in [6.45, 7) is 6.45. The van der Waals surface area contributed by atoms with E-state index in [0.29, 0.717) is 13.1 Å². The number of piperazine rings is 1. The van der Waals surface area contributed by atoms with Crippen LogP contribution in [0, 0.1) is 6.92 Å². The molecule has 0 N–H and O–H groups in total. The van der Waals surface area contributed by atoms with E-state index in [9.17, 15) is 9.59 Å². The van der Waals surface area contributed by atoms with Crippen molar-refractivity contribution in [2.45, 2.75) is 24.8 Å². The molecule has 0 aromatic heterocycles. The number of ether oxygens (including phenoxy) is 1. The van der Waals surface area contributed by atoms with Crippen LogP contribution in [0.5, 0.6) is 0 Å². The Bertz CT molecular complexity index is 854. The monoisotopic (exact) mass is 476 g/mol. The summed E-state index contributed by atoms with van der Waals surface area (Å²) in [5.41, 5.74) is 2.26. The number of para-hydroxylation sites is 1. The number of hydrogen-bond donors (Lipinski definition) is 0. The number of benzene rings is 2. The van der Waals surface area contributed by atoms with Crippen molar-refractivity contribution in [2.24, 2.45) is 0 Å². The van der Waals surface area contributed by atoms with Gasteiger partial charge in [-0.1, -0.05) is 34.1 Å². The van der Waals surface area contributed by atoms with Gasteiger partial charge in [0.1, 0.15) is 0 Å². The standard InChI is InChI=1S/C22H25BrN2O3S/c1-16-14-18(23)8-9-20(16)29-15-21(26)28-17(2)22(27)25-12-10-24(11-13-25)19-6-4-3-5-7-19/h3-9,14,17H,10-13,15H2,1-2H3. The summed E-state index contributed by atoms with van der Waals surface area (Å²) >= 11 is 4.86. The lowest BCUT2D eigenvalue weighted by Crippen LogP contribution is -2.51. The second kappa shape index (κ2) is 10.2. The number of amides is 1. The van der Waals surface area contributed by atoms with Crippen LogP contribution in [0.3, 0.4) is 0 Å². The summed E-state index contributed by atoms with van der Waals surface area (Å²) in [6.07, 6.45) is -0.766. The van der Waals surface area contributed by atoms with Gasteiger partial charge in [0.05, 0.1) is 5.75 Å². The van der Waals surface area contributed by atoms with Crippen LogP contribution in [0.15, 0.2) is 57.9 Å². The molecule has 5 nitrogen and oxygen atoms in total. The number of thioether (sulfide) groups is 1. The Morgan fingerprint density at radius 3 is 2.45 bits per heavy atom. The molecule has 1 atom stereocenters. The van der Waals surface area contributed by atoms with Crippen LogP contribution in [0.1, 0.15) is 12.5 Å². The second-order valence-electron chi connectivity index (χ2n) is 6.98. The van der Waals surface area contributed by atoms with E-state index < -0.39 is 6.10 Å². The Labute approximate surface area is 184 Å². The molecule has 0 aliphatic carbocycles. The summed E-state index contributed by atoms with van der Waals surface area (Å²) < 4.78 is 6.40. The molecule has 1 aliphatic heterocycles. The molecule has 2 aromatic rings. The zero-order valence-electron chi connectivity index (χ0n) is 16.6. The first-order valence-corrected chi connectivity index (χ1v) is 11.4. The second-order valence-corrected chi connectivity index (χ2v) is 8.91. The van der Waals surface area contributed by atoms with Gasteiger partial charge in [0.2, 0.25) is 0 Å². The molecule has 0 spiro atoms. The molecule has 0 radical (unpaired) electrons. The molecule has 154 valence electrons. The van der Waals surface area contributed by atoms with Crippen molar-refractivity contribution in [3.63, 3.8) is 0 Å². The third-order valence-electron chi connectivity index (χ3n) is 4.85. The van der Waals surface area contributed by atoms with Gasteiger partial charge in [0.15, 0.2) is 6.10 Å². The molecule has 0 bridgehead atoms. The number of halogens is 1. The molecular formula is C22H25BrN2O3S. The Hall–Kier alpha value is -1.99. The predicted molar refractivity (Wildman–Crippen MR) is 120 cm³/mol. The van der Waals surface area contributed by atoms with Crippen LogP contribution < -0.4 is 4.90 Å². The van der Waals surface area contributed by atoms with Gasteiger partial charge < -0.3 is 14.5 Å². The van der Waals surface area contributed by atoms with E-state index in [4.69, 9.17) is 4.74 Å². The van der Waals surface area contributed by atoms with Crippen molar-refractivity contribution in [1.82, 2.24) is 4.90 Å². The molecule has 1 unspecified atom stereocenters. The molecule has 1 amide bonds. The molecule has 2 aromatic carbocycles. The van der Waals surface area contributed by atoms with Crippen molar-refractivity contribution >= 4 is 45.3 Å². The van der Waals surface area contributed by atoms with E-state index in [1.54, 1.807) is 11.8 Å². The third-order valence-corrected chi connectivity index (χ3v) is 6.49. The molecular weight excluding hydrogens is 452 g/mol. The zero-order chi connectivity index (χ0) is 20.8. The Balaban J connectivity index is 1.44. The number of aryl methyl sites for hydroxylation is 1. The summed E-state index contributed by atoms with van der Waals surface area (Å²) in [4.78, 5) is 29.9. The van der Waals surface area contributed by atoms with Crippen molar-refractivity contribution in [1.29, 1.82) is 0 Å². The molecule has 3 rings (SSSR count). The lowest BCUT2D eigenvalue weighted by molar-refractivity contribution is -0.157. The highest BCUT2D eigenvalue weighted by Crippen LogP contribution is 2.25. The fourth-order valence-electron chi connectivity index (χ4n) is 3.27. The molecule has 0 saturated carbocycles. The van der Waals surface area contributed by atoms with E-state index in [1.165, 1.54) is 17.4 Å². The van der Waals surface area contributed by atoms with Crippen molar-refractivity contribution < 1.29 is 14.3 Å². The van der Waals surface area contributed by atoms with Crippen LogP contribution in [0.25, 0.3) is 0 Å². The number of esters is 1.